The lowest BCUT2D eigenvalue weighted by Gasteiger charge is -2.41. The van der Waals surface area contributed by atoms with Gasteiger partial charge < -0.3 is 14.2 Å². The SMILES string of the molecule is CCCCCCCCC(CCCC1(C)COC1)C(CC)(OCC)OCC. The zero-order chi connectivity index (χ0) is 19.3. The fraction of sp³-hybridized carbons (Fsp3) is 1.00. The molecule has 0 aromatic heterocycles. The van der Waals surface area contributed by atoms with Crippen LogP contribution in [0.2, 0.25) is 0 Å². The van der Waals surface area contributed by atoms with Crippen LogP contribution in [0.3, 0.4) is 0 Å². The van der Waals surface area contributed by atoms with Crippen molar-refractivity contribution in [2.75, 3.05) is 26.4 Å². The van der Waals surface area contributed by atoms with E-state index in [4.69, 9.17) is 14.2 Å². The Morgan fingerprint density at radius 2 is 1.42 bits per heavy atom. The molecule has 0 aromatic rings. The molecule has 0 spiro atoms. The molecule has 0 bridgehead atoms. The van der Waals surface area contributed by atoms with Crippen molar-refractivity contribution < 1.29 is 14.2 Å². The molecule has 156 valence electrons. The zero-order valence-corrected chi connectivity index (χ0v) is 18.4. The molecule has 1 unspecified atom stereocenters. The maximum absolute atomic E-state index is 6.25. The minimum Gasteiger partial charge on any atom is -0.380 e. The minimum atomic E-state index is -0.385. The second-order valence-electron chi connectivity index (χ2n) is 8.48. The van der Waals surface area contributed by atoms with Crippen LogP contribution in [0.5, 0.6) is 0 Å². The highest BCUT2D eigenvalue weighted by molar-refractivity contribution is 4.83. The Balaban J connectivity index is 2.58. The molecule has 0 aromatic carbocycles. The summed E-state index contributed by atoms with van der Waals surface area (Å²) in [6.07, 6.45) is 14.0. The van der Waals surface area contributed by atoms with Crippen LogP contribution >= 0.6 is 0 Å². The van der Waals surface area contributed by atoms with E-state index in [1.165, 1.54) is 64.2 Å². The molecule has 3 heteroatoms. The standard InChI is InChI=1S/C23H46O3/c1-6-10-11-12-13-14-16-21(17-15-18-22(5)19-24-20-22)23(7-2,25-8-3)26-9-4/h21H,6-20H2,1-5H3. The summed E-state index contributed by atoms with van der Waals surface area (Å²) in [5, 5.41) is 0. The Bertz CT molecular complexity index is 332. The van der Waals surface area contributed by atoms with Crippen molar-refractivity contribution in [3.8, 4) is 0 Å². The quantitative estimate of drug-likeness (QED) is 0.210. The van der Waals surface area contributed by atoms with Gasteiger partial charge in [-0.25, -0.2) is 0 Å². The summed E-state index contributed by atoms with van der Waals surface area (Å²) in [6.45, 7) is 14.4. The Hall–Kier alpha value is -0.120. The third-order valence-corrected chi connectivity index (χ3v) is 6.03. The number of rotatable bonds is 17. The molecule has 1 aliphatic rings. The van der Waals surface area contributed by atoms with Gasteiger partial charge in [0.25, 0.3) is 0 Å². The number of hydrogen-bond donors (Lipinski definition) is 0. The summed E-state index contributed by atoms with van der Waals surface area (Å²) in [4.78, 5) is 0. The molecule has 3 nitrogen and oxygen atoms in total. The van der Waals surface area contributed by atoms with E-state index in [9.17, 15) is 0 Å². The maximum atomic E-state index is 6.25. The van der Waals surface area contributed by atoms with Crippen LogP contribution in [0.1, 0.15) is 105 Å². The van der Waals surface area contributed by atoms with Gasteiger partial charge in [-0.05, 0) is 39.5 Å². The van der Waals surface area contributed by atoms with Crippen LogP contribution in [0.25, 0.3) is 0 Å². The molecule has 1 rings (SSSR count). The van der Waals surface area contributed by atoms with Gasteiger partial charge in [0.2, 0.25) is 0 Å². The smallest absolute Gasteiger partial charge is 0.170 e. The Kier molecular flexibility index (Phi) is 12.1. The highest BCUT2D eigenvalue weighted by Crippen LogP contribution is 2.38. The first-order chi connectivity index (χ1) is 12.6. The van der Waals surface area contributed by atoms with Gasteiger partial charge in [0.05, 0.1) is 13.2 Å². The first kappa shape index (κ1) is 23.9. The van der Waals surface area contributed by atoms with E-state index >= 15 is 0 Å². The average molecular weight is 371 g/mol. The van der Waals surface area contributed by atoms with Crippen LogP contribution in [0.15, 0.2) is 0 Å². The number of hydrogen-bond acceptors (Lipinski definition) is 3. The molecule has 1 fully saturated rings. The molecule has 0 aliphatic carbocycles. The summed E-state index contributed by atoms with van der Waals surface area (Å²) >= 11 is 0. The Morgan fingerprint density at radius 3 is 1.92 bits per heavy atom. The van der Waals surface area contributed by atoms with Gasteiger partial charge in [0.15, 0.2) is 5.79 Å². The normalized spacial score (nSPS) is 17.9. The van der Waals surface area contributed by atoms with Crippen molar-refractivity contribution in [1.82, 2.24) is 0 Å². The molecular weight excluding hydrogens is 324 g/mol. The minimum absolute atomic E-state index is 0.385. The van der Waals surface area contributed by atoms with Gasteiger partial charge in [0.1, 0.15) is 0 Å². The van der Waals surface area contributed by atoms with Crippen LogP contribution in [-0.4, -0.2) is 32.2 Å². The van der Waals surface area contributed by atoms with Crippen molar-refractivity contribution in [3.05, 3.63) is 0 Å². The average Bonchev–Trinajstić information content (AvgIpc) is 2.61. The molecule has 1 saturated heterocycles. The second-order valence-corrected chi connectivity index (χ2v) is 8.48. The maximum Gasteiger partial charge on any atom is 0.170 e. The topological polar surface area (TPSA) is 27.7 Å². The van der Waals surface area contributed by atoms with Gasteiger partial charge in [-0.2, -0.15) is 0 Å². The molecule has 26 heavy (non-hydrogen) atoms. The molecular formula is C23H46O3. The van der Waals surface area contributed by atoms with E-state index in [0.717, 1.165) is 32.8 Å². The van der Waals surface area contributed by atoms with E-state index in [1.54, 1.807) is 0 Å². The molecule has 1 atom stereocenters. The fourth-order valence-electron chi connectivity index (χ4n) is 4.38. The van der Waals surface area contributed by atoms with Crippen molar-refractivity contribution >= 4 is 0 Å². The van der Waals surface area contributed by atoms with Gasteiger partial charge in [0, 0.05) is 24.5 Å². The van der Waals surface area contributed by atoms with Crippen LogP contribution in [0, 0.1) is 11.3 Å². The number of ether oxygens (including phenoxy) is 3. The summed E-state index contributed by atoms with van der Waals surface area (Å²) < 4.78 is 17.9. The van der Waals surface area contributed by atoms with Gasteiger partial charge >= 0.3 is 0 Å². The number of unbranched alkanes of at least 4 members (excludes halogenated alkanes) is 5. The lowest BCUT2D eigenvalue weighted by atomic mass is 9.79. The van der Waals surface area contributed by atoms with Crippen molar-refractivity contribution in [2.24, 2.45) is 11.3 Å². The second kappa shape index (κ2) is 13.1. The highest BCUT2D eigenvalue weighted by atomic mass is 16.7. The fourth-order valence-corrected chi connectivity index (χ4v) is 4.38. The largest absolute Gasteiger partial charge is 0.380 e. The molecule has 0 radical (unpaired) electrons. The molecule has 0 N–H and O–H groups in total. The summed E-state index contributed by atoms with van der Waals surface area (Å²) in [5.74, 6) is 0.118. The first-order valence-corrected chi connectivity index (χ1v) is 11.4. The summed E-state index contributed by atoms with van der Waals surface area (Å²) in [6, 6.07) is 0. The van der Waals surface area contributed by atoms with E-state index in [2.05, 4.69) is 34.6 Å². The van der Waals surface area contributed by atoms with E-state index in [1.807, 2.05) is 0 Å². The molecule has 0 saturated carbocycles. The predicted octanol–water partition coefficient (Wildman–Crippen LogP) is 6.74. The summed E-state index contributed by atoms with van der Waals surface area (Å²) in [5.41, 5.74) is 0.413. The lowest BCUT2D eigenvalue weighted by Crippen LogP contribution is -2.44. The van der Waals surface area contributed by atoms with E-state index in [-0.39, 0.29) is 5.79 Å². The van der Waals surface area contributed by atoms with Crippen LogP contribution < -0.4 is 0 Å². The molecule has 1 aliphatic heterocycles. The van der Waals surface area contributed by atoms with Crippen molar-refractivity contribution in [1.29, 1.82) is 0 Å². The first-order valence-electron chi connectivity index (χ1n) is 11.4. The van der Waals surface area contributed by atoms with Gasteiger partial charge in [-0.3, -0.25) is 0 Å². The predicted molar refractivity (Wildman–Crippen MR) is 111 cm³/mol. The Labute approximate surface area is 163 Å². The third-order valence-electron chi connectivity index (χ3n) is 6.03. The Morgan fingerprint density at radius 1 is 0.846 bits per heavy atom. The van der Waals surface area contributed by atoms with Crippen LogP contribution in [-0.2, 0) is 14.2 Å². The van der Waals surface area contributed by atoms with E-state index < -0.39 is 0 Å². The third kappa shape index (κ3) is 7.86. The molecule has 1 heterocycles. The highest BCUT2D eigenvalue weighted by Gasteiger charge is 2.39. The van der Waals surface area contributed by atoms with Crippen molar-refractivity contribution in [2.45, 2.75) is 111 Å². The molecule has 0 amide bonds. The van der Waals surface area contributed by atoms with Gasteiger partial charge in [-0.1, -0.05) is 65.7 Å². The van der Waals surface area contributed by atoms with E-state index in [0.29, 0.717) is 11.3 Å². The zero-order valence-electron chi connectivity index (χ0n) is 18.4. The monoisotopic (exact) mass is 370 g/mol. The lowest BCUT2D eigenvalue weighted by molar-refractivity contribution is -0.268. The van der Waals surface area contributed by atoms with Crippen LogP contribution in [0.4, 0.5) is 0 Å². The van der Waals surface area contributed by atoms with Crippen molar-refractivity contribution in [3.63, 3.8) is 0 Å². The summed E-state index contributed by atoms with van der Waals surface area (Å²) in [7, 11) is 0. The van der Waals surface area contributed by atoms with Gasteiger partial charge in [-0.15, -0.1) is 0 Å².